The molecule has 1 aromatic heterocycles. The van der Waals surface area contributed by atoms with Crippen LogP contribution in [0.3, 0.4) is 0 Å². The van der Waals surface area contributed by atoms with Gasteiger partial charge in [0.1, 0.15) is 0 Å². The first-order chi connectivity index (χ1) is 12.2. The predicted molar refractivity (Wildman–Crippen MR) is 95.8 cm³/mol. The summed E-state index contributed by atoms with van der Waals surface area (Å²) in [5.74, 6) is 0.298. The van der Waals surface area contributed by atoms with Gasteiger partial charge < -0.3 is 10.2 Å². The van der Waals surface area contributed by atoms with Crippen LogP contribution in [0.1, 0.15) is 57.8 Å². The Labute approximate surface area is 149 Å². The smallest absolute Gasteiger partial charge is 0.224 e. The van der Waals surface area contributed by atoms with Gasteiger partial charge in [0.05, 0.1) is 5.92 Å². The summed E-state index contributed by atoms with van der Waals surface area (Å²) in [6, 6.07) is 2.25. The zero-order valence-corrected chi connectivity index (χ0v) is 15.0. The fourth-order valence-electron chi connectivity index (χ4n) is 4.04. The average molecular weight is 346 g/mol. The SMILES string of the molecule is O=C(NCCCn1cccn1)[C@H]1CCC(=O)N(C2CCCCCC2)C1. The lowest BCUT2D eigenvalue weighted by atomic mass is 9.93. The first kappa shape index (κ1) is 18.0. The van der Waals surface area contributed by atoms with Crippen LogP contribution in [0.4, 0.5) is 0 Å². The van der Waals surface area contributed by atoms with Crippen LogP contribution in [0.25, 0.3) is 0 Å². The van der Waals surface area contributed by atoms with E-state index in [0.29, 0.717) is 32.0 Å². The Hall–Kier alpha value is -1.85. The van der Waals surface area contributed by atoms with Gasteiger partial charge in [0.15, 0.2) is 0 Å². The minimum atomic E-state index is -0.0503. The van der Waals surface area contributed by atoms with E-state index >= 15 is 0 Å². The molecule has 2 aliphatic rings. The average Bonchev–Trinajstić information content (AvgIpc) is 2.99. The molecule has 3 rings (SSSR count). The number of rotatable bonds is 6. The maximum absolute atomic E-state index is 12.5. The van der Waals surface area contributed by atoms with Crippen molar-refractivity contribution in [1.82, 2.24) is 20.0 Å². The summed E-state index contributed by atoms with van der Waals surface area (Å²) < 4.78 is 1.87. The monoisotopic (exact) mass is 346 g/mol. The van der Waals surface area contributed by atoms with Crippen molar-refractivity contribution in [2.45, 2.75) is 70.4 Å². The molecule has 1 saturated carbocycles. The molecule has 2 amide bonds. The fraction of sp³-hybridized carbons (Fsp3) is 0.737. The molecule has 1 aromatic rings. The van der Waals surface area contributed by atoms with Gasteiger partial charge in [-0.15, -0.1) is 0 Å². The van der Waals surface area contributed by atoms with E-state index in [0.717, 1.165) is 25.8 Å². The van der Waals surface area contributed by atoms with Gasteiger partial charge in [0, 0.05) is 44.5 Å². The van der Waals surface area contributed by atoms with Crippen LogP contribution < -0.4 is 5.32 Å². The second kappa shape index (κ2) is 9.02. The van der Waals surface area contributed by atoms with Crippen molar-refractivity contribution in [3.05, 3.63) is 18.5 Å². The van der Waals surface area contributed by atoms with Gasteiger partial charge in [-0.3, -0.25) is 14.3 Å². The molecule has 25 heavy (non-hydrogen) atoms. The summed E-state index contributed by atoms with van der Waals surface area (Å²) >= 11 is 0. The number of nitrogens with one attached hydrogen (secondary N) is 1. The number of carbonyl (C=O) groups excluding carboxylic acids is 2. The summed E-state index contributed by atoms with van der Waals surface area (Å²) in [4.78, 5) is 26.9. The highest BCUT2D eigenvalue weighted by atomic mass is 16.2. The lowest BCUT2D eigenvalue weighted by Gasteiger charge is -2.37. The Morgan fingerprint density at radius 1 is 1.20 bits per heavy atom. The number of nitrogens with zero attached hydrogens (tertiary/aromatic N) is 3. The van der Waals surface area contributed by atoms with E-state index in [9.17, 15) is 9.59 Å². The number of aryl methyl sites for hydroxylation is 1. The van der Waals surface area contributed by atoms with Gasteiger partial charge in [-0.1, -0.05) is 25.7 Å². The molecule has 1 N–H and O–H groups in total. The fourth-order valence-corrected chi connectivity index (χ4v) is 4.04. The van der Waals surface area contributed by atoms with Crippen molar-refractivity contribution in [1.29, 1.82) is 0 Å². The van der Waals surface area contributed by atoms with Crippen LogP contribution in [0, 0.1) is 5.92 Å². The largest absolute Gasteiger partial charge is 0.356 e. The molecule has 0 bridgehead atoms. The van der Waals surface area contributed by atoms with E-state index in [2.05, 4.69) is 10.4 Å². The van der Waals surface area contributed by atoms with Gasteiger partial charge >= 0.3 is 0 Å². The maximum atomic E-state index is 12.5. The summed E-state index contributed by atoms with van der Waals surface area (Å²) in [5, 5.41) is 7.21. The molecule has 6 heteroatoms. The molecular formula is C19H30N4O2. The van der Waals surface area contributed by atoms with Crippen molar-refractivity contribution in [3.63, 3.8) is 0 Å². The van der Waals surface area contributed by atoms with Crippen LogP contribution in [0.5, 0.6) is 0 Å². The minimum absolute atomic E-state index is 0.0503. The number of aromatic nitrogens is 2. The number of hydrogen-bond acceptors (Lipinski definition) is 3. The molecule has 6 nitrogen and oxygen atoms in total. The third-order valence-electron chi connectivity index (χ3n) is 5.50. The molecule has 0 spiro atoms. The lowest BCUT2D eigenvalue weighted by molar-refractivity contribution is -0.141. The van der Waals surface area contributed by atoms with Gasteiger partial charge in [0.2, 0.25) is 11.8 Å². The highest BCUT2D eigenvalue weighted by Crippen LogP contribution is 2.27. The maximum Gasteiger partial charge on any atom is 0.224 e. The Morgan fingerprint density at radius 3 is 2.72 bits per heavy atom. The number of amides is 2. The molecule has 0 aromatic carbocycles. The number of carbonyl (C=O) groups is 2. The summed E-state index contributed by atoms with van der Waals surface area (Å²) in [6.07, 6.45) is 12.9. The molecule has 1 atom stereocenters. The highest BCUT2D eigenvalue weighted by Gasteiger charge is 2.34. The first-order valence-electron chi connectivity index (χ1n) is 9.78. The van der Waals surface area contributed by atoms with Crippen molar-refractivity contribution in [2.24, 2.45) is 5.92 Å². The van der Waals surface area contributed by atoms with Crippen LogP contribution >= 0.6 is 0 Å². The Kier molecular flexibility index (Phi) is 6.48. The number of hydrogen-bond donors (Lipinski definition) is 1. The Bertz CT molecular complexity index is 550. The van der Waals surface area contributed by atoms with E-state index < -0.39 is 0 Å². The van der Waals surface area contributed by atoms with Crippen LogP contribution in [-0.4, -0.2) is 45.6 Å². The minimum Gasteiger partial charge on any atom is -0.356 e. The summed E-state index contributed by atoms with van der Waals surface area (Å²) in [7, 11) is 0. The normalized spacial score (nSPS) is 22.6. The molecule has 1 saturated heterocycles. The third-order valence-corrected chi connectivity index (χ3v) is 5.50. The molecule has 2 fully saturated rings. The second-order valence-electron chi connectivity index (χ2n) is 7.34. The molecule has 1 aliphatic heterocycles. The van der Waals surface area contributed by atoms with Crippen molar-refractivity contribution < 1.29 is 9.59 Å². The molecule has 1 aliphatic carbocycles. The van der Waals surface area contributed by atoms with Crippen molar-refractivity contribution in [3.8, 4) is 0 Å². The molecule has 138 valence electrons. The molecular weight excluding hydrogens is 316 g/mol. The molecule has 2 heterocycles. The second-order valence-corrected chi connectivity index (χ2v) is 7.34. The molecule has 0 radical (unpaired) electrons. The zero-order chi connectivity index (χ0) is 17.5. The number of piperidine rings is 1. The van der Waals surface area contributed by atoms with Crippen LogP contribution in [-0.2, 0) is 16.1 Å². The molecule has 0 unspecified atom stereocenters. The first-order valence-corrected chi connectivity index (χ1v) is 9.78. The predicted octanol–water partition coefficient (Wildman–Crippen LogP) is 2.35. The van der Waals surface area contributed by atoms with Gasteiger partial charge in [-0.25, -0.2) is 0 Å². The van der Waals surface area contributed by atoms with E-state index in [1.165, 1.54) is 25.7 Å². The lowest BCUT2D eigenvalue weighted by Crippen LogP contribution is -2.50. The van der Waals surface area contributed by atoms with Gasteiger partial charge in [-0.2, -0.15) is 5.10 Å². The zero-order valence-electron chi connectivity index (χ0n) is 15.0. The van der Waals surface area contributed by atoms with Crippen molar-refractivity contribution in [2.75, 3.05) is 13.1 Å². The van der Waals surface area contributed by atoms with Crippen LogP contribution in [0.15, 0.2) is 18.5 Å². The van der Waals surface area contributed by atoms with E-state index in [1.54, 1.807) is 6.20 Å². The third kappa shape index (κ3) is 5.06. The van der Waals surface area contributed by atoms with Crippen LogP contribution in [0.2, 0.25) is 0 Å². The van der Waals surface area contributed by atoms with Gasteiger partial charge in [-0.05, 0) is 31.7 Å². The summed E-state index contributed by atoms with van der Waals surface area (Å²) in [5.41, 5.74) is 0. The van der Waals surface area contributed by atoms with E-state index in [-0.39, 0.29) is 17.7 Å². The van der Waals surface area contributed by atoms with E-state index in [1.807, 2.05) is 21.8 Å². The number of likely N-dealkylation sites (tertiary alicyclic amines) is 1. The topological polar surface area (TPSA) is 67.2 Å². The Balaban J connectivity index is 1.44. The van der Waals surface area contributed by atoms with Crippen molar-refractivity contribution >= 4 is 11.8 Å². The Morgan fingerprint density at radius 2 is 2.00 bits per heavy atom. The highest BCUT2D eigenvalue weighted by molar-refractivity contribution is 5.84. The summed E-state index contributed by atoms with van der Waals surface area (Å²) in [6.45, 7) is 2.08. The standard InChI is InChI=1S/C19H30N4O2/c24-18-10-9-16(15-23(18)17-7-3-1-2-4-8-17)19(25)20-11-5-13-22-14-6-12-21-22/h6,12,14,16-17H,1-5,7-11,13,15H2,(H,20,25)/t16-/m0/s1. The van der Waals surface area contributed by atoms with E-state index in [4.69, 9.17) is 0 Å². The van der Waals surface area contributed by atoms with Gasteiger partial charge in [0.25, 0.3) is 0 Å². The quantitative estimate of drug-likeness (QED) is 0.635.